The Kier molecular flexibility index (Phi) is 2.68. The summed E-state index contributed by atoms with van der Waals surface area (Å²) in [5, 5.41) is 0. The monoisotopic (exact) mass is 221 g/mol. The minimum Gasteiger partial charge on any atom is -0.226 e. The first-order valence-corrected chi connectivity index (χ1v) is 4.61. The molecule has 1 nitrogen and oxygen atoms in total. The zero-order valence-electron chi connectivity index (χ0n) is 5.27. The summed E-state index contributed by atoms with van der Waals surface area (Å²) in [7, 11) is 0. The van der Waals surface area contributed by atoms with E-state index in [1.165, 1.54) is 18.0 Å². The number of aromatic nitrogens is 1. The highest BCUT2D eigenvalue weighted by Gasteiger charge is 2.00. The van der Waals surface area contributed by atoms with Crippen LogP contribution >= 0.6 is 27.7 Å². The van der Waals surface area contributed by atoms with Crippen LogP contribution < -0.4 is 0 Å². The molecule has 1 aromatic rings. The molecule has 0 amide bonds. The topological polar surface area (TPSA) is 12.9 Å². The Labute approximate surface area is 71.2 Å². The first kappa shape index (κ1) is 8.01. The zero-order valence-corrected chi connectivity index (χ0v) is 7.67. The Morgan fingerprint density at radius 1 is 1.70 bits per heavy atom. The standard InChI is InChI=1S/C6H5BrFNS/c1-10-5-2-4(7)3-9-6(5)8/h2-3H,1H3. The number of hydrogen-bond donors (Lipinski definition) is 0. The third kappa shape index (κ3) is 1.70. The molecule has 0 aliphatic rings. The fourth-order valence-corrected chi connectivity index (χ4v) is 1.50. The van der Waals surface area contributed by atoms with Gasteiger partial charge in [0.2, 0.25) is 5.95 Å². The first-order valence-electron chi connectivity index (χ1n) is 2.59. The average Bonchev–Trinajstić information content (AvgIpc) is 1.94. The largest absolute Gasteiger partial charge is 0.226 e. The Morgan fingerprint density at radius 2 is 2.40 bits per heavy atom. The van der Waals surface area contributed by atoms with E-state index in [0.717, 1.165) is 4.47 Å². The molecule has 1 aromatic heterocycles. The number of rotatable bonds is 1. The second-order valence-electron chi connectivity index (χ2n) is 1.65. The van der Waals surface area contributed by atoms with Gasteiger partial charge in [-0.15, -0.1) is 11.8 Å². The van der Waals surface area contributed by atoms with Crippen LogP contribution in [0.15, 0.2) is 21.6 Å². The Bertz CT molecular complexity index is 241. The molecule has 0 saturated carbocycles. The molecular weight excluding hydrogens is 217 g/mol. The number of halogens is 2. The number of thioether (sulfide) groups is 1. The van der Waals surface area contributed by atoms with Crippen molar-refractivity contribution in [1.29, 1.82) is 0 Å². The van der Waals surface area contributed by atoms with Crippen molar-refractivity contribution in [2.24, 2.45) is 0 Å². The van der Waals surface area contributed by atoms with Gasteiger partial charge in [0, 0.05) is 10.7 Å². The third-order valence-corrected chi connectivity index (χ3v) is 2.15. The Hall–Kier alpha value is -0.0900. The van der Waals surface area contributed by atoms with E-state index >= 15 is 0 Å². The molecular formula is C6H5BrFNS. The summed E-state index contributed by atoms with van der Waals surface area (Å²) in [4.78, 5) is 4.08. The van der Waals surface area contributed by atoms with Gasteiger partial charge in [-0.3, -0.25) is 0 Å². The van der Waals surface area contributed by atoms with Crippen molar-refractivity contribution in [3.05, 3.63) is 22.7 Å². The number of nitrogens with zero attached hydrogens (tertiary/aromatic N) is 1. The molecule has 0 unspecified atom stereocenters. The van der Waals surface area contributed by atoms with Gasteiger partial charge in [0.1, 0.15) is 0 Å². The molecule has 0 saturated heterocycles. The fourth-order valence-electron chi connectivity index (χ4n) is 0.547. The molecule has 0 atom stereocenters. The minimum atomic E-state index is -0.407. The van der Waals surface area contributed by atoms with Crippen LogP contribution in [0.5, 0.6) is 0 Å². The van der Waals surface area contributed by atoms with Gasteiger partial charge in [0.15, 0.2) is 0 Å². The van der Waals surface area contributed by atoms with Crippen LogP contribution in [0, 0.1) is 5.95 Å². The van der Waals surface area contributed by atoms with Gasteiger partial charge in [-0.1, -0.05) is 0 Å². The summed E-state index contributed by atoms with van der Waals surface area (Å²) in [6.45, 7) is 0. The van der Waals surface area contributed by atoms with E-state index in [1.54, 1.807) is 6.07 Å². The summed E-state index contributed by atoms with van der Waals surface area (Å²) in [6.07, 6.45) is 3.25. The van der Waals surface area contributed by atoms with Gasteiger partial charge in [0.25, 0.3) is 0 Å². The molecule has 1 heterocycles. The molecule has 1 rings (SSSR count). The van der Waals surface area contributed by atoms with Crippen molar-refractivity contribution in [2.75, 3.05) is 6.26 Å². The lowest BCUT2D eigenvalue weighted by Crippen LogP contribution is -1.84. The number of pyridine rings is 1. The maximum absolute atomic E-state index is 12.6. The summed E-state index contributed by atoms with van der Waals surface area (Å²) in [5.41, 5.74) is 0. The quantitative estimate of drug-likeness (QED) is 0.535. The smallest absolute Gasteiger partial charge is 0.226 e. The van der Waals surface area contributed by atoms with E-state index in [-0.39, 0.29) is 0 Å². The molecule has 0 aromatic carbocycles. The summed E-state index contributed by atoms with van der Waals surface area (Å²) in [5.74, 6) is -0.407. The zero-order chi connectivity index (χ0) is 7.56. The lowest BCUT2D eigenvalue weighted by molar-refractivity contribution is 0.556. The molecule has 0 aliphatic carbocycles. The molecule has 0 N–H and O–H groups in total. The molecule has 0 fully saturated rings. The normalized spacial score (nSPS) is 9.90. The molecule has 0 bridgehead atoms. The predicted octanol–water partition coefficient (Wildman–Crippen LogP) is 2.71. The van der Waals surface area contributed by atoms with Gasteiger partial charge < -0.3 is 0 Å². The van der Waals surface area contributed by atoms with Crippen molar-refractivity contribution >= 4 is 27.7 Å². The van der Waals surface area contributed by atoms with Crippen LogP contribution in [-0.4, -0.2) is 11.2 Å². The highest BCUT2D eigenvalue weighted by atomic mass is 79.9. The van der Waals surface area contributed by atoms with E-state index in [4.69, 9.17) is 0 Å². The lowest BCUT2D eigenvalue weighted by atomic mass is 10.5. The van der Waals surface area contributed by atoms with E-state index in [0.29, 0.717) is 4.90 Å². The second-order valence-corrected chi connectivity index (χ2v) is 3.41. The van der Waals surface area contributed by atoms with Gasteiger partial charge in [0.05, 0.1) is 4.90 Å². The van der Waals surface area contributed by atoms with Crippen LogP contribution in [0.4, 0.5) is 4.39 Å². The Balaban J connectivity index is 3.09. The molecule has 0 spiro atoms. The summed E-state index contributed by atoms with van der Waals surface area (Å²) in [6, 6.07) is 1.70. The van der Waals surface area contributed by atoms with Crippen molar-refractivity contribution in [3.63, 3.8) is 0 Å². The van der Waals surface area contributed by atoms with E-state index in [2.05, 4.69) is 20.9 Å². The average molecular weight is 222 g/mol. The summed E-state index contributed by atoms with van der Waals surface area (Å²) < 4.78 is 13.4. The minimum absolute atomic E-state index is 0.407. The molecule has 54 valence electrons. The van der Waals surface area contributed by atoms with Crippen LogP contribution in [0.25, 0.3) is 0 Å². The van der Waals surface area contributed by atoms with E-state index in [1.807, 2.05) is 6.26 Å². The number of hydrogen-bond acceptors (Lipinski definition) is 2. The maximum atomic E-state index is 12.6. The first-order chi connectivity index (χ1) is 4.74. The van der Waals surface area contributed by atoms with Gasteiger partial charge >= 0.3 is 0 Å². The Morgan fingerprint density at radius 3 is 2.90 bits per heavy atom. The molecule has 10 heavy (non-hydrogen) atoms. The van der Waals surface area contributed by atoms with Gasteiger partial charge in [-0.2, -0.15) is 4.39 Å². The molecule has 4 heteroatoms. The predicted molar refractivity (Wildman–Crippen MR) is 43.7 cm³/mol. The molecule has 0 radical (unpaired) electrons. The van der Waals surface area contributed by atoms with Crippen molar-refractivity contribution < 1.29 is 4.39 Å². The summed E-state index contributed by atoms with van der Waals surface area (Å²) >= 11 is 4.54. The maximum Gasteiger partial charge on any atom is 0.226 e. The van der Waals surface area contributed by atoms with Gasteiger partial charge in [-0.05, 0) is 28.3 Å². The van der Waals surface area contributed by atoms with Crippen LogP contribution in [-0.2, 0) is 0 Å². The highest BCUT2D eigenvalue weighted by molar-refractivity contribution is 9.10. The van der Waals surface area contributed by atoms with Crippen LogP contribution in [0.2, 0.25) is 0 Å². The third-order valence-electron chi connectivity index (χ3n) is 0.993. The SMILES string of the molecule is CSc1cc(Br)cnc1F. The second kappa shape index (κ2) is 3.34. The van der Waals surface area contributed by atoms with Gasteiger partial charge in [-0.25, -0.2) is 4.98 Å². The van der Waals surface area contributed by atoms with Crippen molar-refractivity contribution in [2.45, 2.75) is 4.90 Å². The van der Waals surface area contributed by atoms with Crippen molar-refractivity contribution in [3.8, 4) is 0 Å². The van der Waals surface area contributed by atoms with E-state index in [9.17, 15) is 4.39 Å². The highest BCUT2D eigenvalue weighted by Crippen LogP contribution is 2.20. The van der Waals surface area contributed by atoms with E-state index < -0.39 is 5.95 Å². The van der Waals surface area contributed by atoms with Crippen LogP contribution in [0.3, 0.4) is 0 Å². The fraction of sp³-hybridized carbons (Fsp3) is 0.167. The van der Waals surface area contributed by atoms with Crippen molar-refractivity contribution in [1.82, 2.24) is 4.98 Å². The lowest BCUT2D eigenvalue weighted by Gasteiger charge is -1.96. The van der Waals surface area contributed by atoms with Crippen LogP contribution in [0.1, 0.15) is 0 Å². The molecule has 0 aliphatic heterocycles.